The van der Waals surface area contributed by atoms with Gasteiger partial charge in [-0.3, -0.25) is 4.79 Å². The number of ketones is 1. The Bertz CT molecular complexity index is 268. The van der Waals surface area contributed by atoms with Crippen LogP contribution in [0.2, 0.25) is 0 Å². The summed E-state index contributed by atoms with van der Waals surface area (Å²) < 4.78 is 0. The molecule has 0 radical (unpaired) electrons. The maximum absolute atomic E-state index is 11.8. The van der Waals surface area contributed by atoms with Crippen molar-refractivity contribution in [2.75, 3.05) is 0 Å². The summed E-state index contributed by atoms with van der Waals surface area (Å²) >= 11 is 0. The first-order chi connectivity index (χ1) is 8.61. The van der Waals surface area contributed by atoms with Crippen LogP contribution in [0, 0.1) is 0 Å². The van der Waals surface area contributed by atoms with Gasteiger partial charge >= 0.3 is 0 Å². The zero-order valence-electron chi connectivity index (χ0n) is 12.1. The predicted molar refractivity (Wildman–Crippen MR) is 79.5 cm³/mol. The first-order valence-corrected chi connectivity index (χ1v) is 7.17. The Morgan fingerprint density at radius 3 is 2.67 bits per heavy atom. The Balaban J connectivity index is 3.75. The molecule has 0 aliphatic rings. The van der Waals surface area contributed by atoms with E-state index in [9.17, 15) is 4.79 Å². The molecule has 0 bridgehead atoms. The smallest absolute Gasteiger partial charge is 0.153 e. The van der Waals surface area contributed by atoms with Crippen molar-refractivity contribution in [2.24, 2.45) is 5.73 Å². The van der Waals surface area contributed by atoms with E-state index in [2.05, 4.69) is 19.6 Å². The molecule has 2 N–H and O–H groups in total. The highest BCUT2D eigenvalue weighted by Gasteiger charge is 2.13. The van der Waals surface area contributed by atoms with Crippen LogP contribution >= 0.6 is 0 Å². The number of rotatable bonds is 11. The molecule has 0 fully saturated rings. The van der Waals surface area contributed by atoms with Crippen LogP contribution < -0.4 is 5.73 Å². The first-order valence-electron chi connectivity index (χ1n) is 7.17. The van der Waals surface area contributed by atoms with Crippen LogP contribution in [0.5, 0.6) is 0 Å². The molecule has 0 aromatic heterocycles. The van der Waals surface area contributed by atoms with E-state index in [0.717, 1.165) is 31.3 Å². The molecule has 0 amide bonds. The van der Waals surface area contributed by atoms with Crippen LogP contribution in [0.25, 0.3) is 0 Å². The van der Waals surface area contributed by atoms with Crippen LogP contribution in [-0.4, -0.2) is 11.8 Å². The molecule has 104 valence electrons. The average Bonchev–Trinajstić information content (AvgIpc) is 2.34. The van der Waals surface area contributed by atoms with E-state index in [1.165, 1.54) is 19.3 Å². The van der Waals surface area contributed by atoms with E-state index in [-0.39, 0.29) is 11.8 Å². The number of nitrogens with two attached hydrogens (primary N) is 1. The zero-order valence-corrected chi connectivity index (χ0v) is 12.1. The van der Waals surface area contributed by atoms with Crippen LogP contribution in [0.1, 0.15) is 65.2 Å². The van der Waals surface area contributed by atoms with Crippen molar-refractivity contribution in [3.05, 3.63) is 24.3 Å². The normalized spacial score (nSPS) is 12.8. The van der Waals surface area contributed by atoms with Crippen molar-refractivity contribution in [3.8, 4) is 0 Å². The first kappa shape index (κ1) is 17.1. The van der Waals surface area contributed by atoms with E-state index in [0.29, 0.717) is 6.42 Å². The molecule has 0 aromatic rings. The monoisotopic (exact) mass is 251 g/mol. The summed E-state index contributed by atoms with van der Waals surface area (Å²) in [6.45, 7) is 8.13. The highest BCUT2D eigenvalue weighted by molar-refractivity contribution is 5.85. The Labute approximate surface area is 112 Å². The van der Waals surface area contributed by atoms with Gasteiger partial charge in [0, 0.05) is 6.42 Å². The lowest BCUT2D eigenvalue weighted by Crippen LogP contribution is -2.30. The molecule has 0 rings (SSSR count). The lowest BCUT2D eigenvalue weighted by Gasteiger charge is -2.11. The van der Waals surface area contributed by atoms with Crippen molar-refractivity contribution in [1.29, 1.82) is 0 Å². The molecule has 0 aromatic carbocycles. The van der Waals surface area contributed by atoms with Crippen molar-refractivity contribution in [3.63, 3.8) is 0 Å². The van der Waals surface area contributed by atoms with Crippen LogP contribution in [0.15, 0.2) is 24.3 Å². The molecule has 1 atom stereocenters. The minimum Gasteiger partial charge on any atom is -0.321 e. The second-order valence-electron chi connectivity index (χ2n) is 4.96. The van der Waals surface area contributed by atoms with Crippen molar-refractivity contribution < 1.29 is 4.79 Å². The Morgan fingerprint density at radius 1 is 1.33 bits per heavy atom. The van der Waals surface area contributed by atoms with Gasteiger partial charge in [-0.1, -0.05) is 56.9 Å². The second kappa shape index (κ2) is 11.2. The van der Waals surface area contributed by atoms with Gasteiger partial charge in [0.05, 0.1) is 6.04 Å². The molecule has 0 aliphatic carbocycles. The Kier molecular flexibility index (Phi) is 10.7. The summed E-state index contributed by atoms with van der Waals surface area (Å²) in [5.41, 5.74) is 6.90. The zero-order chi connectivity index (χ0) is 13.8. The number of carbonyl (C=O) groups is 1. The standard InChI is InChI=1S/C16H29NO/c1-4-6-8-10-12-15(17)16(18)13-14(3)11-9-7-5-2/h5,7,15H,3-4,6,8-13,17H2,1-2H3/b7-5-. The molecule has 0 spiro atoms. The summed E-state index contributed by atoms with van der Waals surface area (Å²) in [4.78, 5) is 11.8. The third-order valence-corrected chi connectivity index (χ3v) is 3.11. The number of allylic oxidation sites excluding steroid dienone is 3. The largest absolute Gasteiger partial charge is 0.321 e. The average molecular weight is 251 g/mol. The Morgan fingerprint density at radius 2 is 2.06 bits per heavy atom. The summed E-state index contributed by atoms with van der Waals surface area (Å²) in [6.07, 6.45) is 11.9. The second-order valence-corrected chi connectivity index (χ2v) is 4.96. The predicted octanol–water partition coefficient (Wildman–Crippen LogP) is 4.16. The summed E-state index contributed by atoms with van der Waals surface area (Å²) in [6, 6.07) is -0.291. The highest BCUT2D eigenvalue weighted by Crippen LogP contribution is 2.12. The van der Waals surface area contributed by atoms with Gasteiger partial charge in [0.2, 0.25) is 0 Å². The molecule has 2 nitrogen and oxygen atoms in total. The van der Waals surface area contributed by atoms with Crippen molar-refractivity contribution in [2.45, 2.75) is 71.3 Å². The molecule has 18 heavy (non-hydrogen) atoms. The fraction of sp³-hybridized carbons (Fsp3) is 0.688. The topological polar surface area (TPSA) is 43.1 Å². The van der Waals surface area contributed by atoms with E-state index in [1.54, 1.807) is 0 Å². The molecule has 0 aliphatic heterocycles. The Hall–Kier alpha value is -0.890. The molecule has 2 heteroatoms. The fourth-order valence-electron chi connectivity index (χ4n) is 1.87. The third-order valence-electron chi connectivity index (χ3n) is 3.11. The third kappa shape index (κ3) is 9.17. The van der Waals surface area contributed by atoms with Gasteiger partial charge in [-0.25, -0.2) is 0 Å². The summed E-state index contributed by atoms with van der Waals surface area (Å²) in [5, 5.41) is 0. The SMILES string of the molecule is C=C(CC/C=C\C)CC(=O)C(N)CCCCCC. The number of hydrogen-bond donors (Lipinski definition) is 1. The number of unbranched alkanes of at least 4 members (excludes halogenated alkanes) is 3. The maximum Gasteiger partial charge on any atom is 0.153 e. The van der Waals surface area contributed by atoms with Crippen LogP contribution in [0.3, 0.4) is 0 Å². The fourth-order valence-corrected chi connectivity index (χ4v) is 1.87. The van der Waals surface area contributed by atoms with E-state index in [1.807, 2.05) is 13.0 Å². The minimum atomic E-state index is -0.291. The van der Waals surface area contributed by atoms with E-state index >= 15 is 0 Å². The molecule has 0 heterocycles. The van der Waals surface area contributed by atoms with Gasteiger partial charge in [-0.15, -0.1) is 0 Å². The van der Waals surface area contributed by atoms with Gasteiger partial charge in [-0.2, -0.15) is 0 Å². The summed E-state index contributed by atoms with van der Waals surface area (Å²) in [7, 11) is 0. The molecule has 0 saturated carbocycles. The van der Waals surface area contributed by atoms with Crippen LogP contribution in [-0.2, 0) is 4.79 Å². The van der Waals surface area contributed by atoms with Gasteiger partial charge in [0.25, 0.3) is 0 Å². The van der Waals surface area contributed by atoms with Gasteiger partial charge in [0.15, 0.2) is 5.78 Å². The quantitative estimate of drug-likeness (QED) is 0.442. The molecular formula is C16H29NO. The van der Waals surface area contributed by atoms with Gasteiger partial charge in [-0.05, 0) is 26.2 Å². The minimum absolute atomic E-state index is 0.150. The number of Topliss-reactive ketones (excluding diaryl/α,β-unsaturated/α-hetero) is 1. The molecule has 0 saturated heterocycles. The van der Waals surface area contributed by atoms with Gasteiger partial charge in [0.1, 0.15) is 0 Å². The lowest BCUT2D eigenvalue weighted by molar-refractivity contribution is -0.119. The van der Waals surface area contributed by atoms with Crippen molar-refractivity contribution in [1.82, 2.24) is 0 Å². The maximum atomic E-state index is 11.8. The van der Waals surface area contributed by atoms with Crippen LogP contribution in [0.4, 0.5) is 0 Å². The van der Waals surface area contributed by atoms with E-state index in [4.69, 9.17) is 5.73 Å². The van der Waals surface area contributed by atoms with Gasteiger partial charge < -0.3 is 5.73 Å². The number of carbonyl (C=O) groups excluding carboxylic acids is 1. The molecule has 1 unspecified atom stereocenters. The van der Waals surface area contributed by atoms with E-state index < -0.39 is 0 Å². The molecular weight excluding hydrogens is 222 g/mol. The highest BCUT2D eigenvalue weighted by atomic mass is 16.1. The van der Waals surface area contributed by atoms with Crippen molar-refractivity contribution >= 4 is 5.78 Å². The summed E-state index contributed by atoms with van der Waals surface area (Å²) in [5.74, 6) is 0.150. The number of hydrogen-bond acceptors (Lipinski definition) is 2. The lowest BCUT2D eigenvalue weighted by atomic mass is 9.98.